The lowest BCUT2D eigenvalue weighted by molar-refractivity contribution is 0.368. The first-order valence-electron chi connectivity index (χ1n) is 9.73. The predicted octanol–water partition coefficient (Wildman–Crippen LogP) is 4.78. The van der Waals surface area contributed by atoms with E-state index >= 15 is 0 Å². The lowest BCUT2D eigenvalue weighted by Crippen LogP contribution is -2.37. The summed E-state index contributed by atoms with van der Waals surface area (Å²) in [5.74, 6) is 0.225. The molecule has 1 saturated carbocycles. The molecule has 0 aliphatic heterocycles. The molecule has 28 heavy (non-hydrogen) atoms. The van der Waals surface area contributed by atoms with Crippen LogP contribution in [0.3, 0.4) is 0 Å². The van der Waals surface area contributed by atoms with Crippen LogP contribution in [0.15, 0.2) is 24.7 Å². The molecule has 8 heteroatoms. The molecule has 1 aliphatic rings. The number of aromatic nitrogens is 4. The Labute approximate surface area is 169 Å². The molecule has 6 nitrogen and oxygen atoms in total. The SMILES string of the molecule is CC.CNC1CCCC(Nc2nc(-c3c[nH]c4ncc(Cl)cc34)ncc2F)C1. The minimum atomic E-state index is -0.448. The zero-order valence-corrected chi connectivity index (χ0v) is 17.1. The fraction of sp³-hybridized carbons (Fsp3) is 0.450. The van der Waals surface area contributed by atoms with Crippen LogP contribution in [0.4, 0.5) is 10.2 Å². The molecular weight excluding hydrogens is 379 g/mol. The summed E-state index contributed by atoms with van der Waals surface area (Å²) in [6.45, 7) is 4.00. The standard InChI is InChI=1S/C18H20ClFN6.C2H6/c1-21-11-3-2-4-12(6-11)25-18-15(20)9-24-17(26-18)14-8-23-16-13(14)5-10(19)7-22-16;1-2/h5,7-9,11-12,21H,2-4,6H2,1H3,(H,22,23)(H,24,25,26);1-2H3. The second-order valence-electron chi connectivity index (χ2n) is 6.64. The van der Waals surface area contributed by atoms with E-state index < -0.39 is 5.82 Å². The third kappa shape index (κ3) is 4.42. The molecule has 0 spiro atoms. The van der Waals surface area contributed by atoms with Crippen molar-refractivity contribution in [1.29, 1.82) is 0 Å². The molecule has 1 fully saturated rings. The number of rotatable bonds is 4. The Balaban J connectivity index is 0.00000109. The molecule has 1 aliphatic carbocycles. The highest BCUT2D eigenvalue weighted by molar-refractivity contribution is 6.31. The quantitative estimate of drug-likeness (QED) is 0.583. The van der Waals surface area contributed by atoms with Crippen LogP contribution in [0.5, 0.6) is 0 Å². The summed E-state index contributed by atoms with van der Waals surface area (Å²) in [4.78, 5) is 15.9. The van der Waals surface area contributed by atoms with Gasteiger partial charge in [-0.2, -0.15) is 0 Å². The van der Waals surface area contributed by atoms with Crippen LogP contribution >= 0.6 is 11.6 Å². The second-order valence-corrected chi connectivity index (χ2v) is 7.07. The molecule has 0 bridgehead atoms. The minimum absolute atomic E-state index is 0.192. The Hall–Kier alpha value is -2.25. The summed E-state index contributed by atoms with van der Waals surface area (Å²) in [7, 11) is 1.96. The first-order valence-corrected chi connectivity index (χ1v) is 10.1. The van der Waals surface area contributed by atoms with Crippen molar-refractivity contribution in [3.63, 3.8) is 0 Å². The largest absolute Gasteiger partial charge is 0.365 e. The average Bonchev–Trinajstić information content (AvgIpc) is 3.14. The van der Waals surface area contributed by atoms with Crippen molar-refractivity contribution in [2.45, 2.75) is 51.6 Å². The topological polar surface area (TPSA) is 78.5 Å². The molecule has 3 heterocycles. The fourth-order valence-electron chi connectivity index (χ4n) is 3.54. The van der Waals surface area contributed by atoms with Gasteiger partial charge in [-0.3, -0.25) is 0 Å². The van der Waals surface area contributed by atoms with E-state index in [1.54, 1.807) is 18.5 Å². The highest BCUT2D eigenvalue weighted by atomic mass is 35.5. The Morgan fingerprint density at radius 2 is 1.96 bits per heavy atom. The molecule has 3 aromatic rings. The van der Waals surface area contributed by atoms with Crippen LogP contribution in [0, 0.1) is 5.82 Å². The van der Waals surface area contributed by atoms with Crippen LogP contribution in [0.25, 0.3) is 22.4 Å². The third-order valence-corrected chi connectivity index (χ3v) is 5.11. The van der Waals surface area contributed by atoms with E-state index in [1.165, 1.54) is 6.20 Å². The van der Waals surface area contributed by atoms with Gasteiger partial charge in [0, 0.05) is 35.4 Å². The van der Waals surface area contributed by atoms with Crippen molar-refractivity contribution in [3.05, 3.63) is 35.5 Å². The summed E-state index contributed by atoms with van der Waals surface area (Å²) in [6, 6.07) is 2.44. The molecule has 150 valence electrons. The van der Waals surface area contributed by atoms with Crippen molar-refractivity contribution in [3.8, 4) is 11.4 Å². The van der Waals surface area contributed by atoms with Gasteiger partial charge in [-0.05, 0) is 38.8 Å². The van der Waals surface area contributed by atoms with Crippen LogP contribution in [-0.2, 0) is 0 Å². The van der Waals surface area contributed by atoms with Gasteiger partial charge in [-0.1, -0.05) is 25.4 Å². The van der Waals surface area contributed by atoms with Gasteiger partial charge in [0.2, 0.25) is 0 Å². The van der Waals surface area contributed by atoms with Crippen molar-refractivity contribution in [1.82, 2.24) is 25.3 Å². The summed E-state index contributed by atoms with van der Waals surface area (Å²) in [5, 5.41) is 7.90. The van der Waals surface area contributed by atoms with Gasteiger partial charge in [0.1, 0.15) is 5.65 Å². The van der Waals surface area contributed by atoms with E-state index in [-0.39, 0.29) is 11.9 Å². The molecule has 0 saturated heterocycles. The number of nitrogens with one attached hydrogen (secondary N) is 3. The molecule has 2 unspecified atom stereocenters. The molecule has 0 radical (unpaired) electrons. The van der Waals surface area contributed by atoms with Crippen LogP contribution in [-0.4, -0.2) is 39.1 Å². The van der Waals surface area contributed by atoms with Gasteiger partial charge in [0.05, 0.1) is 11.2 Å². The monoisotopic (exact) mass is 404 g/mol. The first kappa shape index (κ1) is 20.5. The first-order chi connectivity index (χ1) is 13.6. The molecule has 0 amide bonds. The number of aromatic amines is 1. The van der Waals surface area contributed by atoms with Gasteiger partial charge < -0.3 is 15.6 Å². The van der Waals surface area contributed by atoms with E-state index in [0.29, 0.717) is 22.5 Å². The highest BCUT2D eigenvalue weighted by Crippen LogP contribution is 2.29. The molecular formula is C20H26ClFN6. The van der Waals surface area contributed by atoms with Gasteiger partial charge in [-0.25, -0.2) is 19.3 Å². The maximum Gasteiger partial charge on any atom is 0.183 e. The predicted molar refractivity (Wildman–Crippen MR) is 112 cm³/mol. The number of pyridine rings is 1. The summed E-state index contributed by atoms with van der Waals surface area (Å²) in [5.41, 5.74) is 1.44. The van der Waals surface area contributed by atoms with Gasteiger partial charge in [-0.15, -0.1) is 0 Å². The minimum Gasteiger partial charge on any atom is -0.365 e. The Bertz CT molecular complexity index is 928. The molecule has 0 aromatic carbocycles. The van der Waals surface area contributed by atoms with E-state index in [9.17, 15) is 4.39 Å². The van der Waals surface area contributed by atoms with Gasteiger partial charge >= 0.3 is 0 Å². The van der Waals surface area contributed by atoms with Crippen LogP contribution in [0.1, 0.15) is 39.5 Å². The average molecular weight is 405 g/mol. The number of hydrogen-bond acceptors (Lipinski definition) is 5. The van der Waals surface area contributed by atoms with E-state index in [2.05, 4.69) is 30.6 Å². The smallest absolute Gasteiger partial charge is 0.183 e. The Morgan fingerprint density at radius 1 is 1.18 bits per heavy atom. The maximum absolute atomic E-state index is 14.3. The molecule has 2 atom stereocenters. The number of anilines is 1. The van der Waals surface area contributed by atoms with E-state index in [1.807, 2.05) is 20.9 Å². The zero-order chi connectivity index (χ0) is 20.1. The Kier molecular flexibility index (Phi) is 6.80. The van der Waals surface area contributed by atoms with Gasteiger partial charge in [0.25, 0.3) is 0 Å². The lowest BCUT2D eigenvalue weighted by atomic mass is 9.91. The molecule has 3 N–H and O–H groups in total. The van der Waals surface area contributed by atoms with Crippen molar-refractivity contribution >= 4 is 28.5 Å². The fourth-order valence-corrected chi connectivity index (χ4v) is 3.70. The van der Waals surface area contributed by atoms with Crippen molar-refractivity contribution < 1.29 is 4.39 Å². The Morgan fingerprint density at radius 3 is 2.75 bits per heavy atom. The molecule has 4 rings (SSSR count). The molecule has 3 aromatic heterocycles. The maximum atomic E-state index is 14.3. The second kappa shape index (κ2) is 9.30. The third-order valence-electron chi connectivity index (χ3n) is 4.91. The number of fused-ring (bicyclic) bond motifs is 1. The zero-order valence-electron chi connectivity index (χ0n) is 16.4. The van der Waals surface area contributed by atoms with Crippen molar-refractivity contribution in [2.75, 3.05) is 12.4 Å². The summed E-state index contributed by atoms with van der Waals surface area (Å²) >= 11 is 6.05. The number of halogens is 2. The van der Waals surface area contributed by atoms with Crippen molar-refractivity contribution in [2.24, 2.45) is 0 Å². The lowest BCUT2D eigenvalue weighted by Gasteiger charge is -2.29. The van der Waals surface area contributed by atoms with E-state index in [0.717, 1.165) is 36.6 Å². The van der Waals surface area contributed by atoms with Crippen LogP contribution in [0.2, 0.25) is 5.02 Å². The summed E-state index contributed by atoms with van der Waals surface area (Å²) < 4.78 is 14.3. The number of nitrogens with zero attached hydrogens (tertiary/aromatic N) is 3. The number of hydrogen-bond donors (Lipinski definition) is 3. The number of H-pyrrole nitrogens is 1. The normalized spacial score (nSPS) is 19.2. The summed E-state index contributed by atoms with van der Waals surface area (Å²) in [6.07, 6.45) is 8.75. The van der Waals surface area contributed by atoms with Crippen LogP contribution < -0.4 is 10.6 Å². The van der Waals surface area contributed by atoms with E-state index in [4.69, 9.17) is 11.6 Å². The van der Waals surface area contributed by atoms with Gasteiger partial charge in [0.15, 0.2) is 17.5 Å². The highest BCUT2D eigenvalue weighted by Gasteiger charge is 2.22.